The Morgan fingerprint density at radius 2 is 1.59 bits per heavy atom. The van der Waals surface area contributed by atoms with Crippen LogP contribution in [0, 0.1) is 6.92 Å². The molecule has 0 unspecified atom stereocenters. The smallest absolute Gasteiger partial charge is 0.205 e. The molecule has 142 valence electrons. The monoisotopic (exact) mass is 385 g/mol. The van der Waals surface area contributed by atoms with Crippen LogP contribution in [-0.2, 0) is 0 Å². The predicted octanol–water partition coefficient (Wildman–Crippen LogP) is 4.53. The number of nitrogens with zero attached hydrogens (tertiary/aromatic N) is 1. The first-order chi connectivity index (χ1) is 12.9. The quantitative estimate of drug-likeness (QED) is 0.584. The first-order valence-electron chi connectivity index (χ1n) is 8.46. The van der Waals surface area contributed by atoms with E-state index in [9.17, 15) is 4.79 Å². The lowest BCUT2D eigenvalue weighted by molar-refractivity contribution is 0.104. The highest BCUT2D eigenvalue weighted by molar-refractivity contribution is 7.21. The van der Waals surface area contributed by atoms with Crippen LogP contribution in [0.2, 0.25) is 0 Å². The molecule has 0 aliphatic rings. The number of thiophene rings is 1. The van der Waals surface area contributed by atoms with Gasteiger partial charge in [0.15, 0.2) is 11.5 Å². The lowest BCUT2D eigenvalue weighted by Gasteiger charge is -2.16. The Morgan fingerprint density at radius 3 is 2.11 bits per heavy atom. The summed E-state index contributed by atoms with van der Waals surface area (Å²) >= 11 is 1.50. The van der Waals surface area contributed by atoms with Crippen LogP contribution in [0.1, 0.15) is 20.8 Å². The van der Waals surface area contributed by atoms with Crippen LogP contribution < -0.4 is 19.1 Å². The van der Waals surface area contributed by atoms with E-state index in [1.807, 2.05) is 19.0 Å². The van der Waals surface area contributed by atoms with Crippen LogP contribution >= 0.6 is 11.3 Å². The van der Waals surface area contributed by atoms with Crippen molar-refractivity contribution in [2.24, 2.45) is 0 Å². The molecule has 0 amide bonds. The first-order valence-corrected chi connectivity index (χ1v) is 9.28. The molecule has 5 nitrogen and oxygen atoms in total. The van der Waals surface area contributed by atoms with Crippen LogP contribution in [0.15, 0.2) is 30.3 Å². The van der Waals surface area contributed by atoms with E-state index in [-0.39, 0.29) is 5.78 Å². The minimum atomic E-state index is -0.0724. The standard InChI is InChI=1S/C21H23NO4S/c1-12-7-8-14-17(9-12)27-21(18(14)22(2)3)19(23)13-10-15(24-4)20(26-6)16(11-13)25-5/h7-11H,1-6H3. The number of hydrogen-bond donors (Lipinski definition) is 0. The van der Waals surface area contributed by atoms with Crippen molar-refractivity contribution >= 4 is 32.9 Å². The Bertz CT molecular complexity index is 982. The molecular weight excluding hydrogens is 362 g/mol. The normalized spacial score (nSPS) is 10.7. The van der Waals surface area contributed by atoms with E-state index in [0.29, 0.717) is 27.7 Å². The van der Waals surface area contributed by atoms with Gasteiger partial charge in [0, 0.05) is 29.7 Å². The van der Waals surface area contributed by atoms with Gasteiger partial charge < -0.3 is 19.1 Å². The number of ketones is 1. The number of carbonyl (C=O) groups is 1. The number of benzene rings is 2. The second-order valence-corrected chi connectivity index (χ2v) is 7.47. The van der Waals surface area contributed by atoms with E-state index in [0.717, 1.165) is 15.8 Å². The van der Waals surface area contributed by atoms with Gasteiger partial charge in [-0.05, 0) is 30.7 Å². The van der Waals surface area contributed by atoms with Crippen LogP contribution in [0.4, 0.5) is 5.69 Å². The summed E-state index contributed by atoms with van der Waals surface area (Å²) in [5.74, 6) is 1.32. The van der Waals surface area contributed by atoms with Gasteiger partial charge in [-0.25, -0.2) is 0 Å². The Morgan fingerprint density at radius 1 is 0.963 bits per heavy atom. The second-order valence-electron chi connectivity index (χ2n) is 6.42. The van der Waals surface area contributed by atoms with Crippen LogP contribution in [0.5, 0.6) is 17.2 Å². The van der Waals surface area contributed by atoms with Gasteiger partial charge >= 0.3 is 0 Å². The third kappa shape index (κ3) is 3.32. The third-order valence-electron chi connectivity index (χ3n) is 4.40. The molecule has 0 aliphatic heterocycles. The molecule has 2 aromatic carbocycles. The lowest BCUT2D eigenvalue weighted by Crippen LogP contribution is -2.13. The van der Waals surface area contributed by atoms with Crippen molar-refractivity contribution in [2.45, 2.75) is 6.92 Å². The maximum atomic E-state index is 13.4. The Kier molecular flexibility index (Phi) is 5.28. The molecule has 6 heteroatoms. The van der Waals surface area contributed by atoms with Gasteiger partial charge in [-0.1, -0.05) is 12.1 Å². The van der Waals surface area contributed by atoms with Crippen molar-refractivity contribution in [3.8, 4) is 17.2 Å². The van der Waals surface area contributed by atoms with Crippen molar-refractivity contribution in [3.63, 3.8) is 0 Å². The molecule has 0 aliphatic carbocycles. The van der Waals surface area contributed by atoms with E-state index in [1.165, 1.54) is 16.9 Å². The molecule has 0 bridgehead atoms. The zero-order valence-corrected chi connectivity index (χ0v) is 17.2. The Hall–Kier alpha value is -2.73. The van der Waals surface area contributed by atoms with Crippen molar-refractivity contribution in [2.75, 3.05) is 40.3 Å². The number of methoxy groups -OCH3 is 3. The number of ether oxygens (including phenoxy) is 3. The minimum absolute atomic E-state index is 0.0724. The molecule has 0 saturated carbocycles. The average molecular weight is 385 g/mol. The number of anilines is 1. The first kappa shape index (κ1) is 19.0. The Labute approximate surface area is 163 Å². The van der Waals surface area contributed by atoms with Crippen LogP contribution in [0.3, 0.4) is 0 Å². The fourth-order valence-corrected chi connectivity index (χ4v) is 4.47. The molecule has 0 radical (unpaired) electrons. The second kappa shape index (κ2) is 7.48. The fraction of sp³-hybridized carbons (Fsp3) is 0.286. The molecule has 3 rings (SSSR count). The van der Waals surface area contributed by atoms with E-state index >= 15 is 0 Å². The number of aryl methyl sites for hydroxylation is 1. The Balaban J connectivity index is 2.20. The number of carbonyl (C=O) groups excluding carboxylic acids is 1. The summed E-state index contributed by atoms with van der Waals surface area (Å²) in [5.41, 5.74) is 2.59. The molecule has 3 aromatic rings. The molecular formula is C21H23NO4S. The van der Waals surface area contributed by atoms with Gasteiger partial charge in [-0.3, -0.25) is 4.79 Å². The van der Waals surface area contributed by atoms with E-state index in [4.69, 9.17) is 14.2 Å². The average Bonchev–Trinajstić information content (AvgIpc) is 3.04. The predicted molar refractivity (Wildman–Crippen MR) is 110 cm³/mol. The van der Waals surface area contributed by atoms with Crippen molar-refractivity contribution < 1.29 is 19.0 Å². The van der Waals surface area contributed by atoms with E-state index in [2.05, 4.69) is 25.1 Å². The number of rotatable bonds is 6. The minimum Gasteiger partial charge on any atom is -0.493 e. The van der Waals surface area contributed by atoms with Gasteiger partial charge in [-0.2, -0.15) is 0 Å². The lowest BCUT2D eigenvalue weighted by atomic mass is 10.1. The van der Waals surface area contributed by atoms with Gasteiger partial charge in [0.05, 0.1) is 31.9 Å². The number of hydrogen-bond acceptors (Lipinski definition) is 6. The molecule has 0 N–H and O–H groups in total. The highest BCUT2D eigenvalue weighted by atomic mass is 32.1. The van der Waals surface area contributed by atoms with Crippen molar-refractivity contribution in [1.29, 1.82) is 0 Å². The zero-order valence-electron chi connectivity index (χ0n) is 16.4. The summed E-state index contributed by atoms with van der Waals surface area (Å²) in [6.45, 7) is 2.05. The third-order valence-corrected chi connectivity index (χ3v) is 5.54. The topological polar surface area (TPSA) is 48.0 Å². The highest BCUT2D eigenvalue weighted by Gasteiger charge is 2.24. The van der Waals surface area contributed by atoms with Crippen molar-refractivity contribution in [1.82, 2.24) is 0 Å². The fourth-order valence-electron chi connectivity index (χ4n) is 3.13. The maximum Gasteiger partial charge on any atom is 0.205 e. The van der Waals surface area contributed by atoms with E-state index < -0.39 is 0 Å². The molecule has 0 saturated heterocycles. The molecule has 0 spiro atoms. The van der Waals surface area contributed by atoms with Gasteiger partial charge in [-0.15, -0.1) is 11.3 Å². The zero-order chi connectivity index (χ0) is 19.7. The summed E-state index contributed by atoms with van der Waals surface area (Å²) in [7, 11) is 8.53. The summed E-state index contributed by atoms with van der Waals surface area (Å²) in [6, 6.07) is 9.63. The van der Waals surface area contributed by atoms with Gasteiger partial charge in [0.1, 0.15) is 0 Å². The van der Waals surface area contributed by atoms with Gasteiger partial charge in [0.25, 0.3) is 0 Å². The van der Waals surface area contributed by atoms with E-state index in [1.54, 1.807) is 33.5 Å². The van der Waals surface area contributed by atoms with Gasteiger partial charge in [0.2, 0.25) is 11.5 Å². The SMILES string of the molecule is COc1cc(C(=O)c2sc3cc(C)ccc3c2N(C)C)cc(OC)c1OC. The maximum absolute atomic E-state index is 13.4. The summed E-state index contributed by atoms with van der Waals surface area (Å²) in [5, 5.41) is 1.08. The molecule has 0 atom stereocenters. The molecule has 1 heterocycles. The number of fused-ring (bicyclic) bond motifs is 1. The molecule has 1 aromatic heterocycles. The summed E-state index contributed by atoms with van der Waals surface area (Å²) < 4.78 is 17.2. The summed E-state index contributed by atoms with van der Waals surface area (Å²) in [4.78, 5) is 16.1. The molecule has 27 heavy (non-hydrogen) atoms. The largest absolute Gasteiger partial charge is 0.493 e. The molecule has 0 fully saturated rings. The van der Waals surface area contributed by atoms with Crippen LogP contribution in [0.25, 0.3) is 10.1 Å². The van der Waals surface area contributed by atoms with Crippen molar-refractivity contribution in [3.05, 3.63) is 46.3 Å². The highest BCUT2D eigenvalue weighted by Crippen LogP contribution is 2.42. The van der Waals surface area contributed by atoms with Crippen LogP contribution in [-0.4, -0.2) is 41.2 Å². The summed E-state index contributed by atoms with van der Waals surface area (Å²) in [6.07, 6.45) is 0.